The van der Waals surface area contributed by atoms with Crippen LogP contribution in [0.5, 0.6) is 5.75 Å². The zero-order valence-corrected chi connectivity index (χ0v) is 15.3. The maximum absolute atomic E-state index is 13.0. The highest BCUT2D eigenvalue weighted by atomic mass is 16.5. The molecule has 0 unspecified atom stereocenters. The SMILES string of the molecule is CCOc1ccc2ccccc2c1C(=O)Nc1cnc(N2CCCC2)nc1. The number of nitrogens with zero attached hydrogens (tertiary/aromatic N) is 3. The molecule has 138 valence electrons. The van der Waals surface area contributed by atoms with Crippen molar-refractivity contribution in [2.45, 2.75) is 19.8 Å². The number of nitrogens with one attached hydrogen (secondary N) is 1. The molecule has 1 aliphatic heterocycles. The van der Waals surface area contributed by atoms with E-state index < -0.39 is 0 Å². The van der Waals surface area contributed by atoms with Crippen molar-refractivity contribution in [1.82, 2.24) is 9.97 Å². The first kappa shape index (κ1) is 17.3. The van der Waals surface area contributed by atoms with E-state index in [1.54, 1.807) is 12.4 Å². The Bertz CT molecular complexity index is 950. The third-order valence-electron chi connectivity index (χ3n) is 4.70. The lowest BCUT2D eigenvalue weighted by molar-refractivity contribution is 0.102. The Morgan fingerprint density at radius 2 is 1.85 bits per heavy atom. The lowest BCUT2D eigenvalue weighted by atomic mass is 10.0. The van der Waals surface area contributed by atoms with E-state index in [9.17, 15) is 4.79 Å². The molecule has 1 saturated heterocycles. The van der Waals surface area contributed by atoms with Gasteiger partial charge in [0.1, 0.15) is 5.75 Å². The fourth-order valence-corrected chi connectivity index (χ4v) is 3.42. The van der Waals surface area contributed by atoms with Gasteiger partial charge in [-0.15, -0.1) is 0 Å². The summed E-state index contributed by atoms with van der Waals surface area (Å²) in [7, 11) is 0. The Hall–Kier alpha value is -3.15. The molecule has 27 heavy (non-hydrogen) atoms. The van der Waals surface area contributed by atoms with E-state index in [0.717, 1.165) is 23.9 Å². The molecule has 1 amide bonds. The van der Waals surface area contributed by atoms with Gasteiger partial charge in [-0.05, 0) is 36.6 Å². The highest BCUT2D eigenvalue weighted by Gasteiger charge is 2.18. The zero-order chi connectivity index (χ0) is 18.6. The quantitative estimate of drug-likeness (QED) is 0.746. The lowest BCUT2D eigenvalue weighted by Crippen LogP contribution is -2.20. The van der Waals surface area contributed by atoms with Crippen LogP contribution in [0, 0.1) is 0 Å². The van der Waals surface area contributed by atoms with E-state index in [-0.39, 0.29) is 5.91 Å². The van der Waals surface area contributed by atoms with Crippen LogP contribution in [0.1, 0.15) is 30.1 Å². The number of aromatic nitrogens is 2. The predicted molar refractivity (Wildman–Crippen MR) is 107 cm³/mol. The number of rotatable bonds is 5. The highest BCUT2D eigenvalue weighted by Crippen LogP contribution is 2.29. The van der Waals surface area contributed by atoms with Crippen LogP contribution in [-0.4, -0.2) is 35.6 Å². The van der Waals surface area contributed by atoms with Gasteiger partial charge >= 0.3 is 0 Å². The van der Waals surface area contributed by atoms with Gasteiger partial charge in [0.05, 0.1) is 30.3 Å². The van der Waals surface area contributed by atoms with E-state index in [1.807, 2.05) is 43.3 Å². The molecule has 0 atom stereocenters. The van der Waals surface area contributed by atoms with E-state index in [2.05, 4.69) is 20.2 Å². The van der Waals surface area contributed by atoms with Gasteiger partial charge in [-0.3, -0.25) is 4.79 Å². The number of carbonyl (C=O) groups excluding carboxylic acids is 1. The molecule has 0 spiro atoms. The van der Waals surface area contributed by atoms with Crippen molar-refractivity contribution in [3.63, 3.8) is 0 Å². The molecular weight excluding hydrogens is 340 g/mol. The number of benzene rings is 2. The number of fused-ring (bicyclic) bond motifs is 1. The van der Waals surface area contributed by atoms with Gasteiger partial charge in [-0.2, -0.15) is 0 Å². The van der Waals surface area contributed by atoms with Crippen molar-refractivity contribution in [2.75, 3.05) is 29.9 Å². The van der Waals surface area contributed by atoms with E-state index in [4.69, 9.17) is 4.74 Å². The summed E-state index contributed by atoms with van der Waals surface area (Å²) in [5.41, 5.74) is 1.09. The number of anilines is 2. The average Bonchev–Trinajstić information content (AvgIpc) is 3.23. The molecule has 0 aliphatic carbocycles. The van der Waals surface area contributed by atoms with Crippen LogP contribution < -0.4 is 15.0 Å². The minimum Gasteiger partial charge on any atom is -0.493 e. The largest absolute Gasteiger partial charge is 0.493 e. The van der Waals surface area contributed by atoms with Crippen molar-refractivity contribution in [3.8, 4) is 5.75 Å². The summed E-state index contributed by atoms with van der Waals surface area (Å²) in [5.74, 6) is 1.06. The number of carbonyl (C=O) groups is 1. The van der Waals surface area contributed by atoms with Crippen LogP contribution in [0.25, 0.3) is 10.8 Å². The fraction of sp³-hybridized carbons (Fsp3) is 0.286. The van der Waals surface area contributed by atoms with E-state index in [1.165, 1.54) is 12.8 Å². The van der Waals surface area contributed by atoms with Crippen LogP contribution in [0.2, 0.25) is 0 Å². The molecule has 1 N–H and O–H groups in total. The summed E-state index contributed by atoms with van der Waals surface area (Å²) in [6.45, 7) is 4.37. The number of hydrogen-bond acceptors (Lipinski definition) is 5. The third-order valence-corrected chi connectivity index (χ3v) is 4.70. The standard InChI is InChI=1S/C21H22N4O2/c1-2-27-18-10-9-15-7-3-4-8-17(15)19(18)20(26)24-16-13-22-21(23-14-16)25-11-5-6-12-25/h3-4,7-10,13-14H,2,5-6,11-12H2,1H3,(H,24,26). The van der Waals surface area contributed by atoms with Crippen LogP contribution in [0.3, 0.4) is 0 Å². The second-order valence-electron chi connectivity index (χ2n) is 6.51. The highest BCUT2D eigenvalue weighted by molar-refractivity contribution is 6.14. The topological polar surface area (TPSA) is 67.3 Å². The molecule has 0 radical (unpaired) electrons. The van der Waals surface area contributed by atoms with Gasteiger partial charge in [0.25, 0.3) is 5.91 Å². The molecule has 6 heteroatoms. The van der Waals surface area contributed by atoms with Crippen LogP contribution >= 0.6 is 0 Å². The Morgan fingerprint density at radius 1 is 1.11 bits per heavy atom. The Labute approximate surface area is 158 Å². The van der Waals surface area contributed by atoms with Gasteiger partial charge in [0.2, 0.25) is 5.95 Å². The van der Waals surface area contributed by atoms with Crippen molar-refractivity contribution in [2.24, 2.45) is 0 Å². The molecule has 2 heterocycles. The molecule has 2 aromatic carbocycles. The van der Waals surface area contributed by atoms with Gasteiger partial charge < -0.3 is 15.0 Å². The Kier molecular flexibility index (Phi) is 4.87. The molecular formula is C21H22N4O2. The minimum absolute atomic E-state index is 0.229. The van der Waals surface area contributed by atoms with Crippen molar-refractivity contribution >= 4 is 28.3 Å². The normalized spacial score (nSPS) is 13.7. The van der Waals surface area contributed by atoms with E-state index >= 15 is 0 Å². The monoisotopic (exact) mass is 362 g/mol. The zero-order valence-electron chi connectivity index (χ0n) is 15.3. The smallest absolute Gasteiger partial charge is 0.260 e. The maximum Gasteiger partial charge on any atom is 0.260 e. The molecule has 1 aliphatic rings. The molecule has 6 nitrogen and oxygen atoms in total. The average molecular weight is 362 g/mol. The second-order valence-corrected chi connectivity index (χ2v) is 6.51. The van der Waals surface area contributed by atoms with Crippen molar-refractivity contribution in [1.29, 1.82) is 0 Å². The maximum atomic E-state index is 13.0. The van der Waals surface area contributed by atoms with Crippen LogP contribution in [-0.2, 0) is 0 Å². The van der Waals surface area contributed by atoms with Gasteiger partial charge in [-0.1, -0.05) is 30.3 Å². The first-order valence-corrected chi connectivity index (χ1v) is 9.29. The van der Waals surface area contributed by atoms with Crippen molar-refractivity contribution in [3.05, 3.63) is 54.4 Å². The molecule has 4 rings (SSSR count). The second kappa shape index (κ2) is 7.61. The Balaban J connectivity index is 1.61. The number of ether oxygens (including phenoxy) is 1. The molecule has 1 aromatic heterocycles. The molecule has 1 fully saturated rings. The lowest BCUT2D eigenvalue weighted by Gasteiger charge is -2.15. The van der Waals surface area contributed by atoms with Crippen LogP contribution in [0.4, 0.5) is 11.6 Å². The summed E-state index contributed by atoms with van der Waals surface area (Å²) in [4.78, 5) is 24.0. The van der Waals surface area contributed by atoms with Crippen molar-refractivity contribution < 1.29 is 9.53 Å². The first-order valence-electron chi connectivity index (χ1n) is 9.29. The first-order chi connectivity index (χ1) is 13.3. The Morgan fingerprint density at radius 3 is 2.59 bits per heavy atom. The third kappa shape index (κ3) is 3.56. The molecule has 0 bridgehead atoms. The van der Waals surface area contributed by atoms with Gasteiger partial charge in [-0.25, -0.2) is 9.97 Å². The summed E-state index contributed by atoms with van der Waals surface area (Å²) in [5, 5.41) is 4.75. The summed E-state index contributed by atoms with van der Waals surface area (Å²) < 4.78 is 5.69. The fourth-order valence-electron chi connectivity index (χ4n) is 3.42. The number of amides is 1. The predicted octanol–water partition coefficient (Wildman–Crippen LogP) is 3.88. The minimum atomic E-state index is -0.229. The summed E-state index contributed by atoms with van der Waals surface area (Å²) >= 11 is 0. The van der Waals surface area contributed by atoms with Gasteiger partial charge in [0.15, 0.2) is 0 Å². The van der Waals surface area contributed by atoms with E-state index in [0.29, 0.717) is 29.6 Å². The summed E-state index contributed by atoms with van der Waals surface area (Å²) in [6.07, 6.45) is 5.65. The molecule has 0 saturated carbocycles. The van der Waals surface area contributed by atoms with Gasteiger partial charge in [0, 0.05) is 13.1 Å². The summed E-state index contributed by atoms with van der Waals surface area (Å²) in [6, 6.07) is 11.6. The van der Waals surface area contributed by atoms with Crippen LogP contribution in [0.15, 0.2) is 48.8 Å². The number of hydrogen-bond donors (Lipinski definition) is 1. The molecule has 3 aromatic rings.